The van der Waals surface area contributed by atoms with E-state index in [-0.39, 0.29) is 5.91 Å². The van der Waals surface area contributed by atoms with Crippen LogP contribution in [0.25, 0.3) is 0 Å². The fourth-order valence-corrected chi connectivity index (χ4v) is 3.17. The van der Waals surface area contributed by atoms with Crippen molar-refractivity contribution < 1.29 is 4.79 Å². The molecule has 0 saturated heterocycles. The predicted molar refractivity (Wildman–Crippen MR) is 89.7 cm³/mol. The van der Waals surface area contributed by atoms with Crippen LogP contribution in [-0.2, 0) is 17.9 Å². The van der Waals surface area contributed by atoms with Crippen LogP contribution in [-0.4, -0.2) is 17.9 Å². The van der Waals surface area contributed by atoms with Gasteiger partial charge in [0.25, 0.3) is 0 Å². The van der Waals surface area contributed by atoms with E-state index < -0.39 is 0 Å². The summed E-state index contributed by atoms with van der Waals surface area (Å²) < 4.78 is 0. The molecule has 0 spiro atoms. The second-order valence-electron chi connectivity index (χ2n) is 5.37. The number of aryl methyl sites for hydroxylation is 2. The molecule has 21 heavy (non-hydrogen) atoms. The summed E-state index contributed by atoms with van der Waals surface area (Å²) in [7, 11) is 1.82. The predicted octanol–water partition coefficient (Wildman–Crippen LogP) is 3.96. The van der Waals surface area contributed by atoms with Crippen LogP contribution in [0.2, 0.25) is 0 Å². The van der Waals surface area contributed by atoms with Gasteiger partial charge in [0, 0.05) is 42.5 Å². The molecular formula is C17H22N2OS. The minimum Gasteiger partial charge on any atom is -0.381 e. The number of hydrogen-bond acceptors (Lipinski definition) is 3. The van der Waals surface area contributed by atoms with Crippen molar-refractivity contribution in [3.8, 4) is 0 Å². The molecule has 0 aliphatic rings. The highest BCUT2D eigenvalue weighted by molar-refractivity contribution is 7.12. The van der Waals surface area contributed by atoms with Gasteiger partial charge in [-0.05, 0) is 43.2 Å². The van der Waals surface area contributed by atoms with Crippen LogP contribution >= 0.6 is 11.3 Å². The van der Waals surface area contributed by atoms with E-state index in [1.807, 2.05) is 30.5 Å². The lowest BCUT2D eigenvalue weighted by Gasteiger charge is -2.15. The summed E-state index contributed by atoms with van der Waals surface area (Å²) in [6, 6.07) is 10.5. The largest absolute Gasteiger partial charge is 0.381 e. The molecule has 0 saturated carbocycles. The fourth-order valence-electron chi connectivity index (χ4n) is 2.22. The molecule has 2 rings (SSSR count). The van der Waals surface area contributed by atoms with Crippen LogP contribution in [0, 0.1) is 13.8 Å². The lowest BCUT2D eigenvalue weighted by molar-refractivity contribution is -0.128. The van der Waals surface area contributed by atoms with Crippen molar-refractivity contribution in [3.05, 3.63) is 51.2 Å². The van der Waals surface area contributed by atoms with Crippen LogP contribution in [0.15, 0.2) is 30.3 Å². The first-order valence-electron chi connectivity index (χ1n) is 7.06. The van der Waals surface area contributed by atoms with E-state index in [0.29, 0.717) is 6.54 Å². The number of nitrogens with zero attached hydrogens (tertiary/aromatic N) is 1. The second kappa shape index (κ2) is 6.76. The molecular weight excluding hydrogens is 280 g/mol. The van der Waals surface area contributed by atoms with Crippen molar-refractivity contribution in [1.82, 2.24) is 4.90 Å². The van der Waals surface area contributed by atoms with Crippen molar-refractivity contribution in [2.45, 2.75) is 33.9 Å². The van der Waals surface area contributed by atoms with E-state index in [1.165, 1.54) is 15.3 Å². The highest BCUT2D eigenvalue weighted by atomic mass is 32.1. The number of rotatable bonds is 5. The molecule has 0 unspecified atom stereocenters. The molecule has 0 fully saturated rings. The average molecular weight is 302 g/mol. The number of carbonyl (C=O) groups excluding carboxylic acids is 1. The third kappa shape index (κ3) is 4.33. The topological polar surface area (TPSA) is 32.3 Å². The average Bonchev–Trinajstić information content (AvgIpc) is 2.75. The van der Waals surface area contributed by atoms with Crippen molar-refractivity contribution >= 4 is 22.9 Å². The lowest BCUT2D eigenvalue weighted by atomic mass is 10.1. The first-order valence-corrected chi connectivity index (χ1v) is 7.88. The van der Waals surface area contributed by atoms with Crippen molar-refractivity contribution in [2.75, 3.05) is 12.4 Å². The molecule has 112 valence electrons. The van der Waals surface area contributed by atoms with Crippen molar-refractivity contribution in [3.63, 3.8) is 0 Å². The zero-order valence-electron chi connectivity index (χ0n) is 13.1. The van der Waals surface area contributed by atoms with E-state index >= 15 is 0 Å². The van der Waals surface area contributed by atoms with E-state index in [1.54, 1.807) is 11.8 Å². The Hall–Kier alpha value is -1.81. The minimum atomic E-state index is 0.0812. The third-order valence-electron chi connectivity index (χ3n) is 3.51. The fraction of sp³-hybridized carbons (Fsp3) is 0.353. The molecule has 2 aromatic rings. The molecule has 0 atom stereocenters. The highest BCUT2D eigenvalue weighted by Gasteiger charge is 2.05. The summed E-state index contributed by atoms with van der Waals surface area (Å²) in [5.74, 6) is 0.0812. The number of anilines is 1. The zero-order valence-corrected chi connectivity index (χ0v) is 13.9. The molecule has 1 N–H and O–H groups in total. The molecule has 0 aliphatic heterocycles. The Labute approximate surface area is 130 Å². The van der Waals surface area contributed by atoms with Gasteiger partial charge < -0.3 is 10.2 Å². The van der Waals surface area contributed by atoms with Crippen LogP contribution in [0.5, 0.6) is 0 Å². The minimum absolute atomic E-state index is 0.0812. The molecule has 3 nitrogen and oxygen atoms in total. The van der Waals surface area contributed by atoms with Crippen molar-refractivity contribution in [1.29, 1.82) is 0 Å². The summed E-state index contributed by atoms with van der Waals surface area (Å²) in [6.45, 7) is 7.36. The van der Waals surface area contributed by atoms with Crippen molar-refractivity contribution in [2.24, 2.45) is 0 Å². The SMILES string of the molecule is CC(=O)N(C)Cc1cccc(NCc2cc(C)sc2C)c1. The molecule has 0 bridgehead atoms. The summed E-state index contributed by atoms with van der Waals surface area (Å²) in [5, 5.41) is 3.46. The van der Waals surface area contributed by atoms with Crippen LogP contribution in [0.1, 0.15) is 27.8 Å². The quantitative estimate of drug-likeness (QED) is 0.907. The number of carbonyl (C=O) groups is 1. The normalized spacial score (nSPS) is 10.5. The molecule has 4 heteroatoms. The number of hydrogen-bond donors (Lipinski definition) is 1. The Morgan fingerprint density at radius 2 is 2.05 bits per heavy atom. The Morgan fingerprint density at radius 1 is 1.29 bits per heavy atom. The van der Waals surface area contributed by atoms with E-state index in [4.69, 9.17) is 0 Å². The maximum Gasteiger partial charge on any atom is 0.219 e. The Balaban J connectivity index is 2.01. The summed E-state index contributed by atoms with van der Waals surface area (Å²) in [4.78, 5) is 15.7. The summed E-state index contributed by atoms with van der Waals surface area (Å²) >= 11 is 1.83. The van der Waals surface area contributed by atoms with Gasteiger partial charge in [0.15, 0.2) is 0 Å². The highest BCUT2D eigenvalue weighted by Crippen LogP contribution is 2.22. The van der Waals surface area contributed by atoms with Gasteiger partial charge in [-0.2, -0.15) is 0 Å². The molecule has 1 amide bonds. The first-order chi connectivity index (χ1) is 9.95. The van der Waals surface area contributed by atoms with E-state index in [2.05, 4.69) is 37.4 Å². The van der Waals surface area contributed by atoms with E-state index in [0.717, 1.165) is 17.8 Å². The zero-order chi connectivity index (χ0) is 15.4. The Morgan fingerprint density at radius 3 is 2.67 bits per heavy atom. The molecule has 0 radical (unpaired) electrons. The van der Waals surface area contributed by atoms with Gasteiger partial charge in [0.2, 0.25) is 5.91 Å². The van der Waals surface area contributed by atoms with Gasteiger partial charge in [0.1, 0.15) is 0 Å². The Bertz CT molecular complexity index is 633. The summed E-state index contributed by atoms with van der Waals surface area (Å²) in [5.41, 5.74) is 3.58. The maximum atomic E-state index is 11.3. The van der Waals surface area contributed by atoms with E-state index in [9.17, 15) is 4.79 Å². The smallest absolute Gasteiger partial charge is 0.219 e. The standard InChI is InChI=1S/C17H22N2OS/c1-12-8-16(13(2)21-12)10-18-17-7-5-6-15(9-17)11-19(4)14(3)20/h5-9,18H,10-11H2,1-4H3. The van der Waals surface area contributed by atoms with Crippen LogP contribution < -0.4 is 5.32 Å². The molecule has 0 aliphatic carbocycles. The second-order valence-corrected chi connectivity index (χ2v) is 6.83. The van der Waals surface area contributed by atoms with Gasteiger partial charge in [0.05, 0.1) is 0 Å². The monoisotopic (exact) mass is 302 g/mol. The number of benzene rings is 1. The van der Waals surface area contributed by atoms with Gasteiger partial charge in [-0.3, -0.25) is 4.79 Å². The number of thiophene rings is 1. The first kappa shape index (κ1) is 15.6. The van der Waals surface area contributed by atoms with Gasteiger partial charge in [-0.25, -0.2) is 0 Å². The maximum absolute atomic E-state index is 11.3. The molecule has 1 aromatic heterocycles. The molecule has 1 aromatic carbocycles. The van der Waals surface area contributed by atoms with Crippen LogP contribution in [0.4, 0.5) is 5.69 Å². The van der Waals surface area contributed by atoms with Gasteiger partial charge >= 0.3 is 0 Å². The Kier molecular flexibility index (Phi) is 5.02. The lowest BCUT2D eigenvalue weighted by Crippen LogP contribution is -2.22. The van der Waals surface area contributed by atoms with Gasteiger partial charge in [-0.15, -0.1) is 11.3 Å². The summed E-state index contributed by atoms with van der Waals surface area (Å²) in [6.07, 6.45) is 0. The number of nitrogens with one attached hydrogen (secondary N) is 1. The molecule has 1 heterocycles. The number of amides is 1. The van der Waals surface area contributed by atoms with Crippen LogP contribution in [0.3, 0.4) is 0 Å². The third-order valence-corrected chi connectivity index (χ3v) is 4.52. The van der Waals surface area contributed by atoms with Gasteiger partial charge in [-0.1, -0.05) is 12.1 Å².